The molecule has 0 aromatic rings. The molecular weight excluding hydrogens is 828 g/mol. The van der Waals surface area contributed by atoms with Crippen LogP contribution in [0.25, 0.3) is 0 Å². The van der Waals surface area contributed by atoms with Gasteiger partial charge < -0.3 is 89.0 Å². The zero-order valence-corrected chi connectivity index (χ0v) is 37.0. The highest BCUT2D eigenvalue weighted by Gasteiger charge is 2.70. The van der Waals surface area contributed by atoms with E-state index in [2.05, 4.69) is 26.8 Å². The maximum atomic E-state index is 12.0. The third kappa shape index (κ3) is 7.62. The van der Waals surface area contributed by atoms with Crippen LogP contribution < -0.4 is 0 Å². The Morgan fingerprint density at radius 3 is 2.02 bits per heavy atom. The number of hydrogen-bond acceptors (Lipinski definition) is 18. The monoisotopic (exact) mass is 900 g/mol. The van der Waals surface area contributed by atoms with Crippen molar-refractivity contribution < 1.29 is 89.0 Å². The molecule has 18 nitrogen and oxygen atoms in total. The molecule has 0 aromatic carbocycles. The summed E-state index contributed by atoms with van der Waals surface area (Å²) in [4.78, 5) is 0. The van der Waals surface area contributed by atoms with Crippen LogP contribution in [0.15, 0.2) is 11.6 Å². The van der Waals surface area contributed by atoms with E-state index in [1.54, 1.807) is 0 Å². The summed E-state index contributed by atoms with van der Waals surface area (Å²) in [7, 11) is 0. The summed E-state index contributed by atoms with van der Waals surface area (Å²) in [6.45, 7) is 9.19. The predicted molar refractivity (Wildman–Crippen MR) is 216 cm³/mol. The Kier molecular flexibility index (Phi) is 12.9. The zero-order chi connectivity index (χ0) is 45.1. The molecule has 1 spiro atoms. The molecule has 10 N–H and O–H groups in total. The number of aliphatic hydroxyl groups is 10. The topological polar surface area (TPSA) is 276 Å². The molecule has 18 heteroatoms. The van der Waals surface area contributed by atoms with Gasteiger partial charge in [0.2, 0.25) is 0 Å². The van der Waals surface area contributed by atoms with Gasteiger partial charge in [-0.25, -0.2) is 0 Å². The molecule has 0 bridgehead atoms. The summed E-state index contributed by atoms with van der Waals surface area (Å²) < 4.78 is 49.9. The van der Waals surface area contributed by atoms with E-state index in [4.69, 9.17) is 37.9 Å². The fourth-order valence-electron chi connectivity index (χ4n) is 14.2. The Morgan fingerprint density at radius 1 is 0.667 bits per heavy atom. The SMILES string of the molecule is C[C@@H]1O[C@@H](O[C@H]2[C@H](O)[C@@H](O[C@@H]3O[C@H](CO)[C@@H](O)[C@H](O)[C@H]3O)[C@H](O[C@H]3CC[C@@]4(C)C(=CC[C@@H]5[C@H]4CC[C@]4(C)[C@@H]6[C@H](C[C@@H]54)O[C@]4(CC[C@@](C)(CO)O4)[C@H]6C)C3)O[C@@H]2CO)[C@H](O)[C@H](O)[C@H]1O. The predicted octanol–water partition coefficient (Wildman–Crippen LogP) is -0.671. The van der Waals surface area contributed by atoms with Gasteiger partial charge in [-0.3, -0.25) is 0 Å². The molecule has 0 radical (unpaired) electrons. The largest absolute Gasteiger partial charge is 0.394 e. The lowest BCUT2D eigenvalue weighted by Gasteiger charge is -2.58. The standard InChI is InChI=1S/C45H72O18/c1-19-29-26(62-45(19)13-12-42(3,18-48)63-45)15-25-23-7-6-21-14-22(8-10-43(21,4)24(23)9-11-44(25,29)5)57-41-38(61-40-35(54)33(52)31(50)27(16-46)58-40)36(55)37(28(17-47)59-41)60-39-34(53)32(51)30(49)20(2)56-39/h6,19-20,22-41,46-55H,7-18H2,1-5H3/t19-,20-,22-,23+,24+,25-,26-,27+,28+,29-,30-,31+,32+,33-,34+,35+,36-,37+,38+,39-,40-,41+,42-,43-,44-,45-/m0/s1. The summed E-state index contributed by atoms with van der Waals surface area (Å²) in [6.07, 6.45) is -13.2. The minimum atomic E-state index is -1.83. The lowest BCUT2D eigenvalue weighted by molar-refractivity contribution is -0.390. The first-order valence-corrected chi connectivity index (χ1v) is 23.4. The summed E-state index contributed by atoms with van der Waals surface area (Å²) in [6, 6.07) is 0. The highest BCUT2D eigenvalue weighted by atomic mass is 16.8. The van der Waals surface area contributed by atoms with E-state index in [1.165, 1.54) is 12.5 Å². The molecule has 26 atom stereocenters. The van der Waals surface area contributed by atoms with Crippen LogP contribution >= 0.6 is 0 Å². The van der Waals surface area contributed by atoms with E-state index in [9.17, 15) is 51.1 Å². The Morgan fingerprint density at radius 2 is 1.33 bits per heavy atom. The molecule has 9 rings (SSSR count). The first-order chi connectivity index (χ1) is 29.8. The van der Waals surface area contributed by atoms with Gasteiger partial charge in [0, 0.05) is 12.3 Å². The molecule has 5 aliphatic heterocycles. The van der Waals surface area contributed by atoms with Gasteiger partial charge in [0.1, 0.15) is 67.1 Å². The molecule has 8 fully saturated rings. The zero-order valence-electron chi connectivity index (χ0n) is 37.0. The van der Waals surface area contributed by atoms with Crippen molar-refractivity contribution >= 4 is 0 Å². The second-order valence-corrected chi connectivity index (χ2v) is 21.3. The molecule has 63 heavy (non-hydrogen) atoms. The Labute approximate surface area is 368 Å². The van der Waals surface area contributed by atoms with E-state index in [0.29, 0.717) is 36.5 Å². The number of hydrogen-bond donors (Lipinski definition) is 10. The Hall–Kier alpha value is -0.980. The second-order valence-electron chi connectivity index (χ2n) is 21.3. The Bertz CT molecular complexity index is 1670. The van der Waals surface area contributed by atoms with Crippen molar-refractivity contribution in [3.8, 4) is 0 Å². The minimum absolute atomic E-state index is 0.0192. The number of ether oxygens (including phenoxy) is 8. The van der Waals surface area contributed by atoms with Gasteiger partial charge in [-0.05, 0) is 99.7 Å². The van der Waals surface area contributed by atoms with Crippen molar-refractivity contribution in [1.82, 2.24) is 0 Å². The molecule has 5 heterocycles. The van der Waals surface area contributed by atoms with Crippen molar-refractivity contribution in [1.29, 1.82) is 0 Å². The average Bonchev–Trinajstić information content (AvgIpc) is 3.87. The lowest BCUT2D eigenvalue weighted by Crippen LogP contribution is -2.67. The molecular formula is C45H72O18. The van der Waals surface area contributed by atoms with Gasteiger partial charge in [-0.2, -0.15) is 0 Å². The third-order valence-corrected chi connectivity index (χ3v) is 17.8. The van der Waals surface area contributed by atoms with Gasteiger partial charge >= 0.3 is 0 Å². The summed E-state index contributed by atoms with van der Waals surface area (Å²) >= 11 is 0. The second kappa shape index (κ2) is 17.2. The summed E-state index contributed by atoms with van der Waals surface area (Å²) in [5.41, 5.74) is 0.762. The van der Waals surface area contributed by atoms with Crippen molar-refractivity contribution in [3.63, 3.8) is 0 Å². The number of rotatable bonds is 9. The quantitative estimate of drug-likeness (QED) is 0.129. The van der Waals surface area contributed by atoms with Crippen molar-refractivity contribution in [3.05, 3.63) is 11.6 Å². The normalized spacial score (nSPS) is 57.9. The van der Waals surface area contributed by atoms with E-state index in [0.717, 1.165) is 44.9 Å². The number of aliphatic hydroxyl groups excluding tert-OH is 10. The Balaban J connectivity index is 0.920. The van der Waals surface area contributed by atoms with Gasteiger partial charge in [0.15, 0.2) is 24.7 Å². The van der Waals surface area contributed by atoms with Crippen LogP contribution in [0.1, 0.15) is 92.4 Å². The van der Waals surface area contributed by atoms with Gasteiger partial charge in [-0.1, -0.05) is 32.4 Å². The van der Waals surface area contributed by atoms with E-state index >= 15 is 0 Å². The number of fused-ring (bicyclic) bond motifs is 7. The van der Waals surface area contributed by atoms with E-state index in [1.807, 2.05) is 6.92 Å². The van der Waals surface area contributed by atoms with Gasteiger partial charge in [-0.15, -0.1) is 0 Å². The van der Waals surface area contributed by atoms with Crippen molar-refractivity contribution in [2.45, 2.75) is 208 Å². The summed E-state index contributed by atoms with van der Waals surface area (Å²) in [5, 5.41) is 106. The van der Waals surface area contributed by atoms with Crippen LogP contribution in [0.3, 0.4) is 0 Å². The van der Waals surface area contributed by atoms with Crippen molar-refractivity contribution in [2.75, 3.05) is 19.8 Å². The van der Waals surface area contributed by atoms with Crippen LogP contribution in [0.5, 0.6) is 0 Å². The van der Waals surface area contributed by atoms with Gasteiger partial charge in [0.05, 0.1) is 43.7 Å². The molecule has 5 saturated heterocycles. The molecule has 0 aromatic heterocycles. The average molecular weight is 901 g/mol. The fourth-order valence-corrected chi connectivity index (χ4v) is 14.2. The van der Waals surface area contributed by atoms with Crippen LogP contribution in [0.4, 0.5) is 0 Å². The first kappa shape index (κ1) is 47.1. The van der Waals surface area contributed by atoms with Crippen LogP contribution in [-0.4, -0.2) is 187 Å². The molecule has 4 aliphatic carbocycles. The third-order valence-electron chi connectivity index (χ3n) is 17.8. The van der Waals surface area contributed by atoms with Crippen LogP contribution in [0, 0.1) is 40.4 Å². The maximum Gasteiger partial charge on any atom is 0.187 e. The summed E-state index contributed by atoms with van der Waals surface area (Å²) in [5.74, 6) is 1.43. The molecule has 3 saturated carbocycles. The minimum Gasteiger partial charge on any atom is -0.394 e. The van der Waals surface area contributed by atoms with E-state index < -0.39 is 123 Å². The molecule has 9 aliphatic rings. The molecule has 0 unspecified atom stereocenters. The molecule has 360 valence electrons. The highest BCUT2D eigenvalue weighted by Crippen LogP contribution is 2.71. The van der Waals surface area contributed by atoms with E-state index in [-0.39, 0.29) is 29.5 Å². The highest BCUT2D eigenvalue weighted by molar-refractivity contribution is 5.26. The number of allylic oxidation sites excluding steroid dienone is 1. The van der Waals surface area contributed by atoms with Gasteiger partial charge in [0.25, 0.3) is 0 Å². The van der Waals surface area contributed by atoms with Crippen LogP contribution in [0.2, 0.25) is 0 Å². The first-order valence-electron chi connectivity index (χ1n) is 23.4. The fraction of sp³-hybridized carbons (Fsp3) is 0.956. The van der Waals surface area contributed by atoms with Crippen LogP contribution in [-0.2, 0) is 37.9 Å². The van der Waals surface area contributed by atoms with Crippen molar-refractivity contribution in [2.24, 2.45) is 40.4 Å². The lowest BCUT2D eigenvalue weighted by atomic mass is 9.47. The smallest absolute Gasteiger partial charge is 0.187 e. The maximum absolute atomic E-state index is 12.0. The molecule has 0 amide bonds.